The molecule has 3 rings (SSSR count). The van der Waals surface area contributed by atoms with Crippen LogP contribution in [0, 0.1) is 0 Å². The topological polar surface area (TPSA) is 62.3 Å². The lowest BCUT2D eigenvalue weighted by Gasteiger charge is -2.26. The van der Waals surface area contributed by atoms with Gasteiger partial charge >= 0.3 is 0 Å². The van der Waals surface area contributed by atoms with Crippen molar-refractivity contribution >= 4 is 23.0 Å². The molecular weight excluding hydrogens is 298 g/mol. The first kappa shape index (κ1) is 15.6. The Balaban J connectivity index is 1.55. The molecule has 1 aliphatic heterocycles. The molecule has 0 bridgehead atoms. The van der Waals surface area contributed by atoms with Crippen LogP contribution in [0.4, 0.5) is 0 Å². The Hall–Kier alpha value is -1.27. The molecular formula is C16H23N3O2S. The van der Waals surface area contributed by atoms with E-state index in [1.165, 1.54) is 30.6 Å². The Morgan fingerprint density at radius 1 is 1.23 bits per heavy atom. The van der Waals surface area contributed by atoms with E-state index >= 15 is 0 Å². The number of aromatic nitrogens is 1. The zero-order valence-corrected chi connectivity index (χ0v) is 13.6. The third-order valence-corrected chi connectivity index (χ3v) is 5.45. The standard InChI is InChI=1S/C16H23N3O2S/c20-14(11-18-12-5-2-1-3-6-12)19-9-4-7-13(19)15(21)16-17-8-10-22-16/h8,10,12-13,18H,1-7,9,11H2/t13-/m0/s1. The minimum Gasteiger partial charge on any atom is -0.331 e. The monoisotopic (exact) mass is 321 g/mol. The highest BCUT2D eigenvalue weighted by atomic mass is 32.1. The van der Waals surface area contributed by atoms with Crippen LogP contribution in [0.5, 0.6) is 0 Å². The van der Waals surface area contributed by atoms with Crippen molar-refractivity contribution in [3.8, 4) is 0 Å². The van der Waals surface area contributed by atoms with Crippen molar-refractivity contribution in [2.75, 3.05) is 13.1 Å². The summed E-state index contributed by atoms with van der Waals surface area (Å²) in [7, 11) is 0. The summed E-state index contributed by atoms with van der Waals surface area (Å²) in [5.41, 5.74) is 0. The van der Waals surface area contributed by atoms with E-state index in [2.05, 4.69) is 10.3 Å². The van der Waals surface area contributed by atoms with E-state index in [-0.39, 0.29) is 17.7 Å². The third kappa shape index (κ3) is 3.55. The Morgan fingerprint density at radius 2 is 2.05 bits per heavy atom. The molecule has 2 heterocycles. The van der Waals surface area contributed by atoms with Crippen LogP contribution >= 0.6 is 11.3 Å². The highest BCUT2D eigenvalue weighted by Gasteiger charge is 2.35. The van der Waals surface area contributed by atoms with Gasteiger partial charge in [0.15, 0.2) is 5.01 Å². The summed E-state index contributed by atoms with van der Waals surface area (Å²) < 4.78 is 0. The summed E-state index contributed by atoms with van der Waals surface area (Å²) >= 11 is 1.35. The largest absolute Gasteiger partial charge is 0.331 e. The molecule has 2 aliphatic rings. The number of carbonyl (C=O) groups is 2. The van der Waals surface area contributed by atoms with Gasteiger partial charge in [-0.25, -0.2) is 4.98 Å². The first-order valence-electron chi connectivity index (χ1n) is 8.22. The maximum absolute atomic E-state index is 12.5. The summed E-state index contributed by atoms with van der Waals surface area (Å²) in [6, 6.07) is 0.153. The SMILES string of the molecule is O=C(c1nccs1)[C@@H]1CCCN1C(=O)CNC1CCCCC1. The van der Waals surface area contributed by atoms with Crippen molar-refractivity contribution in [1.82, 2.24) is 15.2 Å². The Bertz CT molecular complexity index is 511. The average molecular weight is 321 g/mol. The zero-order valence-electron chi connectivity index (χ0n) is 12.8. The van der Waals surface area contributed by atoms with E-state index in [1.807, 2.05) is 0 Å². The first-order valence-corrected chi connectivity index (χ1v) is 9.10. The van der Waals surface area contributed by atoms with Gasteiger partial charge in [0, 0.05) is 24.2 Å². The predicted octanol–water partition coefficient (Wildman–Crippen LogP) is 2.24. The van der Waals surface area contributed by atoms with Crippen molar-refractivity contribution in [2.24, 2.45) is 0 Å². The van der Waals surface area contributed by atoms with Crippen LogP contribution in [0.3, 0.4) is 0 Å². The lowest BCUT2D eigenvalue weighted by molar-refractivity contribution is -0.130. The lowest BCUT2D eigenvalue weighted by atomic mass is 9.95. The molecule has 5 nitrogen and oxygen atoms in total. The fourth-order valence-electron chi connectivity index (χ4n) is 3.47. The number of nitrogens with one attached hydrogen (secondary N) is 1. The number of amides is 1. The molecule has 2 fully saturated rings. The second-order valence-corrected chi connectivity index (χ2v) is 7.06. The van der Waals surface area contributed by atoms with E-state index in [0.717, 1.165) is 25.7 Å². The number of carbonyl (C=O) groups excluding carboxylic acids is 2. The van der Waals surface area contributed by atoms with Gasteiger partial charge in [-0.15, -0.1) is 11.3 Å². The van der Waals surface area contributed by atoms with Crippen LogP contribution in [-0.4, -0.2) is 46.7 Å². The molecule has 0 aromatic carbocycles. The van der Waals surface area contributed by atoms with Crippen molar-refractivity contribution in [1.29, 1.82) is 0 Å². The van der Waals surface area contributed by atoms with E-state index in [1.54, 1.807) is 16.5 Å². The molecule has 1 N–H and O–H groups in total. The van der Waals surface area contributed by atoms with E-state index in [0.29, 0.717) is 24.1 Å². The molecule has 22 heavy (non-hydrogen) atoms. The van der Waals surface area contributed by atoms with Crippen molar-refractivity contribution in [2.45, 2.75) is 57.0 Å². The van der Waals surface area contributed by atoms with Crippen molar-refractivity contribution in [3.63, 3.8) is 0 Å². The summed E-state index contributed by atoms with van der Waals surface area (Å²) in [5.74, 6) is 0.0523. The molecule has 1 saturated heterocycles. The number of hydrogen-bond acceptors (Lipinski definition) is 5. The number of likely N-dealkylation sites (tertiary alicyclic amines) is 1. The van der Waals surface area contributed by atoms with Gasteiger partial charge in [0.1, 0.15) is 0 Å². The normalized spacial score (nSPS) is 22.9. The Kier molecular flexibility index (Phi) is 5.20. The van der Waals surface area contributed by atoms with Gasteiger partial charge in [-0.3, -0.25) is 9.59 Å². The minimum absolute atomic E-state index is 0.00137. The summed E-state index contributed by atoms with van der Waals surface area (Å²) in [4.78, 5) is 30.8. The van der Waals surface area contributed by atoms with Crippen LogP contribution in [-0.2, 0) is 4.79 Å². The summed E-state index contributed by atoms with van der Waals surface area (Å²) in [6.45, 7) is 1.04. The Labute approximate surface area is 135 Å². The van der Waals surface area contributed by atoms with Crippen molar-refractivity contribution in [3.05, 3.63) is 16.6 Å². The molecule has 1 aromatic heterocycles. The van der Waals surface area contributed by atoms with Gasteiger partial charge in [-0.05, 0) is 25.7 Å². The van der Waals surface area contributed by atoms with Crippen LogP contribution < -0.4 is 5.32 Å². The Morgan fingerprint density at radius 3 is 2.77 bits per heavy atom. The fraction of sp³-hybridized carbons (Fsp3) is 0.688. The fourth-order valence-corrected chi connectivity index (χ4v) is 4.09. The minimum atomic E-state index is -0.313. The lowest BCUT2D eigenvalue weighted by Crippen LogP contribution is -2.46. The van der Waals surface area contributed by atoms with E-state index in [9.17, 15) is 9.59 Å². The smallest absolute Gasteiger partial charge is 0.237 e. The van der Waals surface area contributed by atoms with Gasteiger partial charge in [0.25, 0.3) is 0 Å². The van der Waals surface area contributed by atoms with Crippen LogP contribution in [0.1, 0.15) is 54.7 Å². The summed E-state index contributed by atoms with van der Waals surface area (Å²) in [6.07, 6.45) is 9.43. The summed E-state index contributed by atoms with van der Waals surface area (Å²) in [5, 5.41) is 5.70. The number of thiazole rings is 1. The zero-order chi connectivity index (χ0) is 15.4. The van der Waals surface area contributed by atoms with E-state index < -0.39 is 0 Å². The highest BCUT2D eigenvalue weighted by Crippen LogP contribution is 2.22. The number of hydrogen-bond donors (Lipinski definition) is 1. The molecule has 120 valence electrons. The van der Waals surface area contributed by atoms with Gasteiger partial charge in [-0.1, -0.05) is 19.3 Å². The average Bonchev–Trinajstić information content (AvgIpc) is 3.24. The molecule has 1 saturated carbocycles. The maximum Gasteiger partial charge on any atom is 0.237 e. The molecule has 0 unspecified atom stereocenters. The van der Waals surface area contributed by atoms with E-state index in [4.69, 9.17) is 0 Å². The molecule has 1 atom stereocenters. The quantitative estimate of drug-likeness (QED) is 0.845. The number of Topliss-reactive ketones (excluding diaryl/α,β-unsaturated/α-hetero) is 1. The highest BCUT2D eigenvalue weighted by molar-refractivity contribution is 7.11. The van der Waals surface area contributed by atoms with Crippen LogP contribution in [0.15, 0.2) is 11.6 Å². The van der Waals surface area contributed by atoms with Gasteiger partial charge in [0.2, 0.25) is 11.7 Å². The number of rotatable bonds is 5. The van der Waals surface area contributed by atoms with Crippen LogP contribution in [0.2, 0.25) is 0 Å². The second kappa shape index (κ2) is 7.33. The molecule has 0 radical (unpaired) electrons. The molecule has 6 heteroatoms. The van der Waals surface area contributed by atoms with Gasteiger partial charge in [0.05, 0.1) is 12.6 Å². The third-order valence-electron chi connectivity index (χ3n) is 4.67. The van der Waals surface area contributed by atoms with Gasteiger partial charge in [-0.2, -0.15) is 0 Å². The van der Waals surface area contributed by atoms with Crippen LogP contribution in [0.25, 0.3) is 0 Å². The molecule has 1 amide bonds. The maximum atomic E-state index is 12.5. The number of nitrogens with zero attached hydrogens (tertiary/aromatic N) is 2. The first-order chi connectivity index (χ1) is 10.8. The molecule has 1 aliphatic carbocycles. The number of ketones is 1. The molecule has 0 spiro atoms. The molecule has 1 aromatic rings. The van der Waals surface area contributed by atoms with Crippen molar-refractivity contribution < 1.29 is 9.59 Å². The van der Waals surface area contributed by atoms with Gasteiger partial charge < -0.3 is 10.2 Å². The second-order valence-electron chi connectivity index (χ2n) is 6.16. The predicted molar refractivity (Wildman–Crippen MR) is 86.1 cm³/mol.